The maximum atomic E-state index is 9.23. The molecule has 1 aromatic heterocycles. The molecule has 0 unspecified atom stereocenters. The Hall–Kier alpha value is -4.03. The molecule has 2 aromatic carbocycles. The highest BCUT2D eigenvalue weighted by atomic mass is 16.6. The van der Waals surface area contributed by atoms with Crippen molar-refractivity contribution in [3.05, 3.63) is 82.8 Å². The fourth-order valence-corrected chi connectivity index (χ4v) is 2.81. The third kappa shape index (κ3) is 2.56. The lowest BCUT2D eigenvalue weighted by molar-refractivity contribution is 0.131. The van der Waals surface area contributed by atoms with E-state index in [1.807, 2.05) is 66.7 Å². The molecule has 1 aliphatic rings. The molecule has 0 fully saturated rings. The van der Waals surface area contributed by atoms with Crippen LogP contribution in [0.3, 0.4) is 0 Å². The van der Waals surface area contributed by atoms with Gasteiger partial charge in [-0.2, -0.15) is 10.5 Å². The molecule has 0 saturated carbocycles. The first kappa shape index (κ1) is 15.5. The van der Waals surface area contributed by atoms with Crippen LogP contribution in [-0.2, 0) is 11.4 Å². The summed E-state index contributed by atoms with van der Waals surface area (Å²) in [5.41, 5.74) is 4.12. The Morgan fingerprint density at radius 1 is 0.808 bits per heavy atom. The van der Waals surface area contributed by atoms with E-state index >= 15 is 0 Å². The molecule has 3 aromatic rings. The lowest BCUT2D eigenvalue weighted by Gasteiger charge is -2.03. The molecular formula is C20H11N5O. The van der Waals surface area contributed by atoms with E-state index in [1.165, 1.54) is 0 Å². The van der Waals surface area contributed by atoms with E-state index < -0.39 is 0 Å². The molecule has 1 aliphatic carbocycles. The van der Waals surface area contributed by atoms with Crippen LogP contribution in [0.2, 0.25) is 0 Å². The number of fused-ring (bicyclic) bond motifs is 3. The summed E-state index contributed by atoms with van der Waals surface area (Å²) in [6.45, 7) is 0.316. The van der Waals surface area contributed by atoms with Gasteiger partial charge < -0.3 is 4.84 Å². The second-order valence-electron chi connectivity index (χ2n) is 5.59. The normalized spacial score (nSPS) is 12.8. The van der Waals surface area contributed by atoms with Crippen molar-refractivity contribution < 1.29 is 4.84 Å². The van der Waals surface area contributed by atoms with Crippen molar-refractivity contribution in [1.82, 2.24) is 9.97 Å². The third-order valence-corrected chi connectivity index (χ3v) is 4.00. The first-order valence-corrected chi connectivity index (χ1v) is 7.88. The highest BCUT2D eigenvalue weighted by molar-refractivity contribution is 6.22. The number of hydrogen-bond donors (Lipinski definition) is 0. The highest BCUT2D eigenvalue weighted by Gasteiger charge is 2.30. The van der Waals surface area contributed by atoms with Crippen molar-refractivity contribution in [2.24, 2.45) is 5.16 Å². The first-order chi connectivity index (χ1) is 12.8. The molecule has 4 rings (SSSR count). The van der Waals surface area contributed by atoms with Crippen molar-refractivity contribution in [3.63, 3.8) is 0 Å². The molecule has 0 saturated heterocycles. The van der Waals surface area contributed by atoms with Crippen molar-refractivity contribution in [3.8, 4) is 23.4 Å². The number of rotatable bonds is 3. The minimum Gasteiger partial charge on any atom is -0.390 e. The number of hydrogen-bond acceptors (Lipinski definition) is 6. The Bertz CT molecular complexity index is 1110. The lowest BCUT2D eigenvalue weighted by atomic mass is 10.1. The zero-order valence-corrected chi connectivity index (χ0v) is 13.5. The maximum absolute atomic E-state index is 9.23. The monoisotopic (exact) mass is 337 g/mol. The molecule has 0 amide bonds. The molecule has 0 radical (unpaired) electrons. The van der Waals surface area contributed by atoms with Crippen molar-refractivity contribution in [1.29, 1.82) is 10.5 Å². The minimum atomic E-state index is -0.0187. The molecule has 0 atom stereocenters. The fourth-order valence-electron chi connectivity index (χ4n) is 2.81. The zero-order valence-electron chi connectivity index (χ0n) is 13.5. The predicted molar refractivity (Wildman–Crippen MR) is 93.8 cm³/mol. The Morgan fingerprint density at radius 3 is 2.12 bits per heavy atom. The summed E-state index contributed by atoms with van der Waals surface area (Å²) < 4.78 is 0. The smallest absolute Gasteiger partial charge is 0.177 e. The van der Waals surface area contributed by atoms with Crippen LogP contribution >= 0.6 is 0 Å². The summed E-state index contributed by atoms with van der Waals surface area (Å²) in [5.74, 6) is 0. The van der Waals surface area contributed by atoms with E-state index in [-0.39, 0.29) is 11.4 Å². The van der Waals surface area contributed by atoms with E-state index in [4.69, 9.17) is 4.84 Å². The molecule has 1 heterocycles. The average molecular weight is 337 g/mol. The van der Waals surface area contributed by atoms with Gasteiger partial charge in [0, 0.05) is 11.1 Å². The first-order valence-electron chi connectivity index (χ1n) is 7.88. The Balaban J connectivity index is 1.78. The van der Waals surface area contributed by atoms with Gasteiger partial charge in [0.15, 0.2) is 11.4 Å². The van der Waals surface area contributed by atoms with Crippen molar-refractivity contribution in [2.75, 3.05) is 0 Å². The van der Waals surface area contributed by atoms with Crippen molar-refractivity contribution in [2.45, 2.75) is 6.61 Å². The minimum absolute atomic E-state index is 0.00695. The zero-order chi connectivity index (χ0) is 17.9. The van der Waals surface area contributed by atoms with Crippen molar-refractivity contribution >= 4 is 5.71 Å². The molecule has 6 heteroatoms. The maximum Gasteiger partial charge on any atom is 0.177 e. The van der Waals surface area contributed by atoms with Crippen LogP contribution in [0.25, 0.3) is 11.3 Å². The topological polar surface area (TPSA) is 95.0 Å². The average Bonchev–Trinajstić information content (AvgIpc) is 3.01. The quantitative estimate of drug-likeness (QED) is 0.535. The molecule has 0 aliphatic heterocycles. The second-order valence-corrected chi connectivity index (χ2v) is 5.59. The number of nitrogens with zero attached hydrogens (tertiary/aromatic N) is 5. The van der Waals surface area contributed by atoms with Gasteiger partial charge in [0.1, 0.15) is 35.8 Å². The third-order valence-electron chi connectivity index (χ3n) is 4.00. The van der Waals surface area contributed by atoms with E-state index in [0.717, 1.165) is 16.7 Å². The van der Waals surface area contributed by atoms with Crippen LogP contribution in [0.5, 0.6) is 0 Å². The van der Waals surface area contributed by atoms with Gasteiger partial charge in [-0.25, -0.2) is 9.97 Å². The van der Waals surface area contributed by atoms with Gasteiger partial charge in [-0.15, -0.1) is 0 Å². The fraction of sp³-hybridized carbons (Fsp3) is 0.0500. The Labute approximate surface area is 149 Å². The van der Waals surface area contributed by atoms with Gasteiger partial charge in [-0.05, 0) is 5.56 Å². The van der Waals surface area contributed by atoms with Gasteiger partial charge >= 0.3 is 0 Å². The summed E-state index contributed by atoms with van der Waals surface area (Å²) in [6.07, 6.45) is 0. The van der Waals surface area contributed by atoms with E-state index in [0.29, 0.717) is 23.7 Å². The Morgan fingerprint density at radius 2 is 1.42 bits per heavy atom. The SMILES string of the molecule is N#Cc1nc2c(nc1C#N)-c1ccccc1/C2=N\OCc1ccccc1. The number of aromatic nitrogens is 2. The number of oxime groups is 1. The van der Waals surface area contributed by atoms with E-state index in [1.54, 1.807) is 0 Å². The largest absolute Gasteiger partial charge is 0.390 e. The lowest BCUT2D eigenvalue weighted by Crippen LogP contribution is -2.06. The second kappa shape index (κ2) is 6.46. The summed E-state index contributed by atoms with van der Waals surface area (Å²) >= 11 is 0. The molecule has 0 N–H and O–H groups in total. The summed E-state index contributed by atoms with van der Waals surface area (Å²) in [6, 6.07) is 21.1. The summed E-state index contributed by atoms with van der Waals surface area (Å²) in [7, 11) is 0. The van der Waals surface area contributed by atoms with E-state index in [2.05, 4.69) is 15.1 Å². The highest BCUT2D eigenvalue weighted by Crippen LogP contribution is 2.35. The molecule has 0 spiro atoms. The van der Waals surface area contributed by atoms with Crippen LogP contribution in [0.4, 0.5) is 0 Å². The molecule has 6 nitrogen and oxygen atoms in total. The Kier molecular flexibility index (Phi) is 3.85. The van der Waals surface area contributed by atoms with Crippen LogP contribution in [0.15, 0.2) is 59.8 Å². The van der Waals surface area contributed by atoms with Crippen LogP contribution < -0.4 is 0 Å². The van der Waals surface area contributed by atoms with Gasteiger partial charge in [0.2, 0.25) is 0 Å². The number of nitriles is 2. The summed E-state index contributed by atoms with van der Waals surface area (Å²) in [4.78, 5) is 14.1. The standard InChI is InChI=1S/C20H11N5O/c21-10-16-17(11-22)24-20-18(23-16)14-8-4-5-9-15(14)19(20)25-26-12-13-6-2-1-3-7-13/h1-9H,12H2/b25-19+. The van der Waals surface area contributed by atoms with Gasteiger partial charge in [0.25, 0.3) is 0 Å². The van der Waals surface area contributed by atoms with E-state index in [9.17, 15) is 10.5 Å². The molecule has 122 valence electrons. The van der Waals surface area contributed by atoms with Crippen LogP contribution in [0, 0.1) is 22.7 Å². The van der Waals surface area contributed by atoms with Gasteiger partial charge in [-0.1, -0.05) is 59.8 Å². The predicted octanol–water partition coefficient (Wildman–Crippen LogP) is 3.17. The molecule has 26 heavy (non-hydrogen) atoms. The summed E-state index contributed by atoms with van der Waals surface area (Å²) in [5, 5.41) is 22.7. The van der Waals surface area contributed by atoms with Crippen LogP contribution in [-0.4, -0.2) is 15.7 Å². The molecule has 0 bridgehead atoms. The number of benzene rings is 2. The van der Waals surface area contributed by atoms with Gasteiger partial charge in [-0.3, -0.25) is 0 Å². The van der Waals surface area contributed by atoms with Crippen LogP contribution in [0.1, 0.15) is 28.2 Å². The molecular weight excluding hydrogens is 326 g/mol. The van der Waals surface area contributed by atoms with Gasteiger partial charge in [0.05, 0.1) is 0 Å².